The number of amides is 1. The van der Waals surface area contributed by atoms with E-state index < -0.39 is 5.91 Å². The molecule has 162 valence electrons. The Bertz CT molecular complexity index is 618. The van der Waals surface area contributed by atoms with Gasteiger partial charge >= 0.3 is 0 Å². The molecule has 0 saturated carbocycles. The lowest BCUT2D eigenvalue weighted by atomic mass is 10.1. The molecular formula is C16H31Cl3N8O. The lowest BCUT2D eigenvalue weighted by Crippen LogP contribution is -2.42. The number of aromatic nitrogens is 2. The smallest absolute Gasteiger partial charge is 0.283 e. The van der Waals surface area contributed by atoms with E-state index in [2.05, 4.69) is 9.97 Å². The Balaban J connectivity index is 0. The molecule has 0 aliphatic carbocycles. The second kappa shape index (κ2) is 15.4. The summed E-state index contributed by atoms with van der Waals surface area (Å²) >= 11 is 5.80. The lowest BCUT2D eigenvalue weighted by Gasteiger charge is -2.20. The van der Waals surface area contributed by atoms with Gasteiger partial charge in [-0.15, -0.1) is 24.8 Å². The zero-order valence-electron chi connectivity index (χ0n) is 15.8. The summed E-state index contributed by atoms with van der Waals surface area (Å²) in [6, 6.07) is 0. The summed E-state index contributed by atoms with van der Waals surface area (Å²) < 4.78 is 0. The van der Waals surface area contributed by atoms with Gasteiger partial charge in [0.1, 0.15) is 0 Å². The molecule has 0 unspecified atom stereocenters. The van der Waals surface area contributed by atoms with Gasteiger partial charge in [0.15, 0.2) is 28.4 Å². The fourth-order valence-corrected chi connectivity index (χ4v) is 2.66. The number of guanidine groups is 1. The molecule has 0 spiro atoms. The Morgan fingerprint density at radius 2 is 1.43 bits per heavy atom. The number of rotatable bonds is 11. The molecule has 0 aromatic carbocycles. The predicted octanol–water partition coefficient (Wildman–Crippen LogP) is 2.55. The zero-order valence-corrected chi connectivity index (χ0v) is 18.2. The summed E-state index contributed by atoms with van der Waals surface area (Å²) in [4.78, 5) is 21.3. The van der Waals surface area contributed by atoms with E-state index in [1.807, 2.05) is 0 Å². The summed E-state index contributed by atoms with van der Waals surface area (Å²) in [7, 11) is 0. The van der Waals surface area contributed by atoms with Crippen molar-refractivity contribution in [3.05, 3.63) is 10.8 Å². The quantitative estimate of drug-likeness (QED) is 0.193. The topological polar surface area (TPSA) is 174 Å². The number of unbranched alkanes of at least 4 members (excludes halogenated alkanes) is 7. The zero-order chi connectivity index (χ0) is 19.5. The molecule has 9 nitrogen and oxygen atoms in total. The maximum Gasteiger partial charge on any atom is 0.283 e. The van der Waals surface area contributed by atoms with Crippen LogP contribution in [0.3, 0.4) is 0 Å². The highest BCUT2D eigenvalue weighted by atomic mass is 35.5. The maximum atomic E-state index is 12.6. The summed E-state index contributed by atoms with van der Waals surface area (Å²) in [5.74, 6) is -1.17. The van der Waals surface area contributed by atoms with Crippen LogP contribution >= 0.6 is 36.4 Å². The van der Waals surface area contributed by atoms with Crippen LogP contribution in [0.5, 0.6) is 0 Å². The molecule has 12 heteroatoms. The van der Waals surface area contributed by atoms with E-state index in [4.69, 9.17) is 39.9 Å². The number of halogens is 3. The Hall–Kier alpha value is -1.55. The van der Waals surface area contributed by atoms with Gasteiger partial charge in [-0.3, -0.25) is 15.1 Å². The second-order valence-electron chi connectivity index (χ2n) is 6.09. The molecule has 28 heavy (non-hydrogen) atoms. The van der Waals surface area contributed by atoms with Gasteiger partial charge in [0.05, 0.1) is 0 Å². The minimum absolute atomic E-state index is 0. The molecule has 0 atom stereocenters. The van der Waals surface area contributed by atoms with Gasteiger partial charge in [0.25, 0.3) is 5.91 Å². The monoisotopic (exact) mass is 456 g/mol. The van der Waals surface area contributed by atoms with Crippen LogP contribution in [0.1, 0.15) is 61.9 Å². The molecule has 0 bridgehead atoms. The van der Waals surface area contributed by atoms with Gasteiger partial charge in [-0.1, -0.05) is 50.1 Å². The van der Waals surface area contributed by atoms with Crippen molar-refractivity contribution in [2.24, 2.45) is 11.5 Å². The van der Waals surface area contributed by atoms with Crippen LogP contribution in [-0.2, 0) is 0 Å². The molecular weight excluding hydrogens is 427 g/mol. The van der Waals surface area contributed by atoms with E-state index in [0.29, 0.717) is 6.54 Å². The van der Waals surface area contributed by atoms with Crippen molar-refractivity contribution in [1.29, 1.82) is 5.41 Å². The van der Waals surface area contributed by atoms with Crippen molar-refractivity contribution in [2.75, 3.05) is 24.6 Å². The van der Waals surface area contributed by atoms with E-state index in [0.717, 1.165) is 43.5 Å². The summed E-state index contributed by atoms with van der Waals surface area (Å²) in [5, 5.41) is 7.52. The van der Waals surface area contributed by atoms with E-state index >= 15 is 0 Å². The number of carbonyl (C=O) groups is 1. The fourth-order valence-electron chi connectivity index (χ4n) is 2.53. The number of hydrogen-bond acceptors (Lipinski definition) is 7. The fraction of sp³-hybridized carbons (Fsp3) is 0.625. The molecule has 1 aromatic rings. The minimum atomic E-state index is -0.605. The van der Waals surface area contributed by atoms with Gasteiger partial charge in [-0.25, -0.2) is 9.97 Å². The third-order valence-corrected chi connectivity index (χ3v) is 4.26. The normalized spacial score (nSPS) is 9.93. The standard InChI is InChI=1S/C16H29ClN8O.2ClH/c17-12-14(20)24-13(19)11(23-12)15(26)25(16(21)22)10-8-6-4-2-1-3-5-7-9-18;;/h1-10,18H2,(H3,21,22)(H4,19,20,24);2*1H. The van der Waals surface area contributed by atoms with Crippen molar-refractivity contribution in [1.82, 2.24) is 14.9 Å². The molecule has 1 heterocycles. The number of hydrogen-bond donors (Lipinski definition) is 5. The van der Waals surface area contributed by atoms with Crippen LogP contribution in [0.25, 0.3) is 0 Å². The largest absolute Gasteiger partial charge is 0.382 e. The van der Waals surface area contributed by atoms with Gasteiger partial charge < -0.3 is 22.9 Å². The van der Waals surface area contributed by atoms with Crippen LogP contribution < -0.4 is 22.9 Å². The molecule has 0 fully saturated rings. The Kier molecular flexibility index (Phi) is 15.7. The molecule has 1 aromatic heterocycles. The molecule has 9 N–H and O–H groups in total. The maximum absolute atomic E-state index is 12.6. The van der Waals surface area contributed by atoms with E-state index in [1.165, 1.54) is 19.3 Å². The molecule has 0 saturated heterocycles. The number of carbonyl (C=O) groups excluding carboxylic acids is 1. The Morgan fingerprint density at radius 1 is 0.929 bits per heavy atom. The highest BCUT2D eigenvalue weighted by Crippen LogP contribution is 2.19. The number of nitrogens with one attached hydrogen (secondary N) is 1. The van der Waals surface area contributed by atoms with E-state index in [1.54, 1.807) is 0 Å². The van der Waals surface area contributed by atoms with Crippen LogP contribution in [-0.4, -0.2) is 39.8 Å². The summed E-state index contributed by atoms with van der Waals surface area (Å²) in [6.07, 6.45) is 8.52. The Labute approximate surface area is 183 Å². The van der Waals surface area contributed by atoms with Crippen LogP contribution in [0.4, 0.5) is 11.6 Å². The van der Waals surface area contributed by atoms with E-state index in [9.17, 15) is 4.79 Å². The van der Waals surface area contributed by atoms with Crippen LogP contribution in [0, 0.1) is 5.41 Å². The van der Waals surface area contributed by atoms with Crippen LogP contribution in [0.2, 0.25) is 5.15 Å². The average Bonchev–Trinajstić information content (AvgIpc) is 2.59. The SMILES string of the molecule is Cl.Cl.N=C(N)N(CCCCCCCCCCN)C(=O)c1nc(Cl)c(N)nc1N. The molecule has 1 amide bonds. The van der Waals surface area contributed by atoms with E-state index in [-0.39, 0.29) is 53.3 Å². The lowest BCUT2D eigenvalue weighted by molar-refractivity contribution is 0.0838. The second-order valence-corrected chi connectivity index (χ2v) is 6.45. The van der Waals surface area contributed by atoms with Gasteiger partial charge in [0, 0.05) is 6.54 Å². The van der Waals surface area contributed by atoms with Gasteiger partial charge in [-0.05, 0) is 19.4 Å². The first-order valence-corrected chi connectivity index (χ1v) is 9.20. The number of nitrogen functional groups attached to an aromatic ring is 2. The predicted molar refractivity (Wildman–Crippen MR) is 119 cm³/mol. The third kappa shape index (κ3) is 9.59. The third-order valence-electron chi connectivity index (χ3n) is 3.98. The molecule has 0 aliphatic rings. The van der Waals surface area contributed by atoms with Gasteiger partial charge in [-0.2, -0.15) is 0 Å². The highest BCUT2D eigenvalue weighted by molar-refractivity contribution is 6.31. The average molecular weight is 458 g/mol. The molecule has 1 rings (SSSR count). The van der Waals surface area contributed by atoms with Gasteiger partial charge in [0.2, 0.25) is 0 Å². The first-order chi connectivity index (χ1) is 12.4. The Morgan fingerprint density at radius 3 is 1.93 bits per heavy atom. The minimum Gasteiger partial charge on any atom is -0.382 e. The molecule has 0 aliphatic heterocycles. The van der Waals surface area contributed by atoms with Crippen LogP contribution in [0.15, 0.2) is 0 Å². The first kappa shape index (κ1) is 28.7. The summed E-state index contributed by atoms with van der Waals surface area (Å²) in [5.41, 5.74) is 22.0. The van der Waals surface area contributed by atoms with Crippen molar-refractivity contribution in [2.45, 2.75) is 51.4 Å². The van der Waals surface area contributed by atoms with Crippen molar-refractivity contribution >= 4 is 59.9 Å². The number of nitrogens with zero attached hydrogens (tertiary/aromatic N) is 3. The van der Waals surface area contributed by atoms with Crippen molar-refractivity contribution in [3.8, 4) is 0 Å². The first-order valence-electron chi connectivity index (χ1n) is 8.83. The number of nitrogens with two attached hydrogens (primary N) is 4. The van der Waals surface area contributed by atoms with Crippen molar-refractivity contribution in [3.63, 3.8) is 0 Å². The number of anilines is 2. The highest BCUT2D eigenvalue weighted by Gasteiger charge is 2.23. The molecule has 0 radical (unpaired) electrons. The summed E-state index contributed by atoms with van der Waals surface area (Å²) in [6.45, 7) is 1.06. The van der Waals surface area contributed by atoms with Crippen molar-refractivity contribution < 1.29 is 4.79 Å².